The number of aliphatic hydroxyl groups is 5. The molecule has 0 aromatic carbocycles. The van der Waals surface area contributed by atoms with E-state index in [1.54, 1.807) is 6.08 Å². The van der Waals surface area contributed by atoms with E-state index in [0.29, 0.717) is 19.3 Å². The number of unbranched alkanes of at least 4 members (excludes halogenated alkanes) is 28. The second-order valence-electron chi connectivity index (χ2n) is 22.1. The second kappa shape index (κ2) is 55.4. The number of esters is 1. The van der Waals surface area contributed by atoms with Crippen molar-refractivity contribution < 1.29 is 49.3 Å². The predicted molar refractivity (Wildman–Crippen MR) is 329 cm³/mol. The quantitative estimate of drug-likeness (QED) is 0.0195. The molecule has 6 N–H and O–H groups in total. The van der Waals surface area contributed by atoms with Gasteiger partial charge in [-0.15, -0.1) is 0 Å². The molecule has 0 saturated carbocycles. The topological polar surface area (TPSA) is 175 Å². The first kappa shape index (κ1) is 73.9. The minimum atomic E-state index is -1.64. The van der Waals surface area contributed by atoms with Gasteiger partial charge in [-0.05, 0) is 96.3 Å². The standard InChI is InChI=1S/C68H119NO10/c1-4-7-10-13-16-19-22-25-27-29-30-31-33-34-37-40-43-46-49-52-55-61(72)67(76)69-59(60(71)54-51-48-45-42-39-36-24-21-18-15-12-9-6-3)58-77-68-66(65(75)64(74)62(57-70)78-68)79-63(73)56-53-50-47-44-41-38-35-32-28-26-23-20-17-14-11-8-5-2/h16-17,19-20,25-28,35,38,44,47,51,54,59-62,64-66,68,70-72,74-75H,4-15,18,21-24,29-34,36-37,39-43,45-46,48-50,52-53,55-58H2,1-3H3,(H,69,76)/b19-16-,20-17-,27-25-,28-26-,38-35-,47-44-,54-51+. The van der Waals surface area contributed by atoms with Gasteiger partial charge in [0.05, 0.1) is 25.4 Å². The minimum absolute atomic E-state index is 0.0449. The molecule has 456 valence electrons. The van der Waals surface area contributed by atoms with Gasteiger partial charge in [-0.3, -0.25) is 9.59 Å². The molecule has 1 aliphatic rings. The average molecular weight is 1110 g/mol. The molecule has 11 nitrogen and oxygen atoms in total. The van der Waals surface area contributed by atoms with Gasteiger partial charge in [0, 0.05) is 6.42 Å². The van der Waals surface area contributed by atoms with Gasteiger partial charge in [0.1, 0.15) is 24.4 Å². The highest BCUT2D eigenvalue weighted by atomic mass is 16.7. The van der Waals surface area contributed by atoms with Crippen LogP contribution in [0.4, 0.5) is 0 Å². The molecule has 1 amide bonds. The molecule has 1 saturated heterocycles. The molecule has 0 radical (unpaired) electrons. The summed E-state index contributed by atoms with van der Waals surface area (Å²) in [4.78, 5) is 26.6. The molecule has 1 aliphatic heterocycles. The molecule has 0 aliphatic carbocycles. The molecule has 1 rings (SSSR count). The van der Waals surface area contributed by atoms with E-state index in [1.807, 2.05) is 12.2 Å². The van der Waals surface area contributed by atoms with E-state index in [-0.39, 0.29) is 19.4 Å². The van der Waals surface area contributed by atoms with Crippen molar-refractivity contribution in [3.63, 3.8) is 0 Å². The zero-order valence-electron chi connectivity index (χ0n) is 50.5. The smallest absolute Gasteiger partial charge is 0.306 e. The Morgan fingerprint density at radius 3 is 1.33 bits per heavy atom. The number of aliphatic hydroxyl groups excluding tert-OH is 5. The summed E-state index contributed by atoms with van der Waals surface area (Å²) in [5, 5.41) is 57.0. The van der Waals surface area contributed by atoms with Crippen molar-refractivity contribution in [2.24, 2.45) is 0 Å². The Morgan fingerprint density at radius 2 is 0.873 bits per heavy atom. The monoisotopic (exact) mass is 1110 g/mol. The summed E-state index contributed by atoms with van der Waals surface area (Å²) in [6.07, 6.45) is 61.9. The van der Waals surface area contributed by atoms with Crippen LogP contribution < -0.4 is 5.32 Å². The number of allylic oxidation sites excluding steroid dienone is 13. The van der Waals surface area contributed by atoms with Gasteiger partial charge in [0.15, 0.2) is 12.4 Å². The van der Waals surface area contributed by atoms with Gasteiger partial charge in [-0.25, -0.2) is 0 Å². The van der Waals surface area contributed by atoms with Crippen molar-refractivity contribution in [1.82, 2.24) is 5.32 Å². The van der Waals surface area contributed by atoms with E-state index in [2.05, 4.69) is 92.9 Å². The molecule has 1 heterocycles. The van der Waals surface area contributed by atoms with E-state index >= 15 is 0 Å². The molecular formula is C68H119NO10. The normalized spacial score (nSPS) is 19.4. The van der Waals surface area contributed by atoms with Gasteiger partial charge in [-0.2, -0.15) is 0 Å². The zero-order chi connectivity index (χ0) is 57.5. The molecule has 0 aromatic heterocycles. The maximum atomic E-state index is 13.5. The van der Waals surface area contributed by atoms with Crippen LogP contribution >= 0.6 is 0 Å². The maximum absolute atomic E-state index is 13.5. The molecule has 8 atom stereocenters. The van der Waals surface area contributed by atoms with Crippen LogP contribution in [0.2, 0.25) is 0 Å². The third-order valence-electron chi connectivity index (χ3n) is 14.8. The Bertz CT molecular complexity index is 1610. The molecule has 1 fully saturated rings. The van der Waals surface area contributed by atoms with Crippen molar-refractivity contribution in [3.8, 4) is 0 Å². The van der Waals surface area contributed by atoms with Gasteiger partial charge < -0.3 is 45.1 Å². The Kier molecular flexibility index (Phi) is 51.8. The highest BCUT2D eigenvalue weighted by molar-refractivity contribution is 5.80. The molecule has 8 unspecified atom stereocenters. The third-order valence-corrected chi connectivity index (χ3v) is 14.8. The average Bonchev–Trinajstić information content (AvgIpc) is 3.49. The number of rotatable bonds is 54. The lowest BCUT2D eigenvalue weighted by molar-refractivity contribution is -0.305. The van der Waals surface area contributed by atoms with Crippen LogP contribution in [0.15, 0.2) is 85.1 Å². The van der Waals surface area contributed by atoms with Crippen molar-refractivity contribution in [1.29, 1.82) is 0 Å². The number of hydrogen-bond acceptors (Lipinski definition) is 10. The SMILES string of the molecule is CCCCC/C=C\C/C=C\C/C=C\C/C=C\CCCC(=O)OC1C(OCC(NC(=O)C(O)CCCCCCCCCCCC/C=C\C/C=C\CCCCC)C(O)/C=C/CCCCCCCCCCCCC)OC(CO)C(O)C1O. The van der Waals surface area contributed by atoms with Crippen molar-refractivity contribution >= 4 is 11.9 Å². The summed E-state index contributed by atoms with van der Waals surface area (Å²) in [5.74, 6) is -1.26. The number of carbonyl (C=O) groups excluding carboxylic acids is 2. The predicted octanol–water partition coefficient (Wildman–Crippen LogP) is 15.7. The second-order valence-corrected chi connectivity index (χ2v) is 22.1. The van der Waals surface area contributed by atoms with Gasteiger partial charge in [-0.1, -0.05) is 254 Å². The number of hydrogen-bond donors (Lipinski definition) is 6. The van der Waals surface area contributed by atoms with Crippen LogP contribution in [-0.2, 0) is 23.8 Å². The number of ether oxygens (including phenoxy) is 3. The van der Waals surface area contributed by atoms with E-state index < -0.39 is 67.4 Å². The first-order valence-electron chi connectivity index (χ1n) is 32.4. The molecule has 0 aromatic rings. The first-order chi connectivity index (χ1) is 38.7. The first-order valence-corrected chi connectivity index (χ1v) is 32.4. The maximum Gasteiger partial charge on any atom is 0.306 e. The summed E-state index contributed by atoms with van der Waals surface area (Å²) < 4.78 is 17.6. The fourth-order valence-electron chi connectivity index (χ4n) is 9.62. The van der Waals surface area contributed by atoms with Crippen molar-refractivity contribution in [2.75, 3.05) is 13.2 Å². The summed E-state index contributed by atoms with van der Waals surface area (Å²) >= 11 is 0. The summed E-state index contributed by atoms with van der Waals surface area (Å²) in [7, 11) is 0. The molecule has 79 heavy (non-hydrogen) atoms. The van der Waals surface area contributed by atoms with Crippen molar-refractivity contribution in [3.05, 3.63) is 85.1 Å². The van der Waals surface area contributed by atoms with Crippen LogP contribution in [0.25, 0.3) is 0 Å². The largest absolute Gasteiger partial charge is 0.454 e. The van der Waals surface area contributed by atoms with Gasteiger partial charge in [0.25, 0.3) is 0 Å². The Labute approximate surface area is 483 Å². The fourth-order valence-corrected chi connectivity index (χ4v) is 9.62. The summed E-state index contributed by atoms with van der Waals surface area (Å²) in [6, 6.07) is -1.04. The summed E-state index contributed by atoms with van der Waals surface area (Å²) in [6.45, 7) is 5.72. The van der Waals surface area contributed by atoms with E-state index in [9.17, 15) is 35.1 Å². The molecule has 11 heteroatoms. The van der Waals surface area contributed by atoms with Crippen LogP contribution in [-0.4, -0.2) is 99.6 Å². The van der Waals surface area contributed by atoms with Crippen LogP contribution in [0.1, 0.15) is 271 Å². The number of nitrogens with one attached hydrogen (secondary N) is 1. The number of carbonyl (C=O) groups is 2. The Hall–Kier alpha value is -3.16. The van der Waals surface area contributed by atoms with Gasteiger partial charge >= 0.3 is 5.97 Å². The van der Waals surface area contributed by atoms with Crippen LogP contribution in [0.3, 0.4) is 0 Å². The Balaban J connectivity index is 2.70. The summed E-state index contributed by atoms with van der Waals surface area (Å²) in [5.41, 5.74) is 0. The third kappa shape index (κ3) is 43.2. The highest BCUT2D eigenvalue weighted by Gasteiger charge is 2.47. The zero-order valence-corrected chi connectivity index (χ0v) is 50.5. The van der Waals surface area contributed by atoms with E-state index in [0.717, 1.165) is 77.0 Å². The fraction of sp³-hybridized carbons (Fsp3) is 0.765. The highest BCUT2D eigenvalue weighted by Crippen LogP contribution is 2.26. The van der Waals surface area contributed by atoms with E-state index in [1.165, 1.54) is 141 Å². The lowest BCUT2D eigenvalue weighted by Crippen LogP contribution is -2.61. The minimum Gasteiger partial charge on any atom is -0.454 e. The van der Waals surface area contributed by atoms with Gasteiger partial charge in [0.2, 0.25) is 5.91 Å². The lowest BCUT2D eigenvalue weighted by Gasteiger charge is -2.41. The van der Waals surface area contributed by atoms with Crippen LogP contribution in [0, 0.1) is 0 Å². The van der Waals surface area contributed by atoms with Crippen molar-refractivity contribution in [2.45, 2.75) is 320 Å². The Morgan fingerprint density at radius 1 is 0.494 bits per heavy atom. The molecule has 0 bridgehead atoms. The number of amides is 1. The lowest BCUT2D eigenvalue weighted by atomic mass is 9.99. The van der Waals surface area contributed by atoms with Crippen LogP contribution in [0.5, 0.6) is 0 Å². The molecular weight excluding hydrogens is 991 g/mol. The molecule has 0 spiro atoms. The van der Waals surface area contributed by atoms with E-state index in [4.69, 9.17) is 14.2 Å².